The Labute approximate surface area is 188 Å². The second-order valence-electron chi connectivity index (χ2n) is 7.94. The Morgan fingerprint density at radius 3 is 2.56 bits per heavy atom. The topological polar surface area (TPSA) is 85.5 Å². The lowest BCUT2D eigenvalue weighted by Crippen LogP contribution is -2.33. The van der Waals surface area contributed by atoms with Crippen LogP contribution in [0.15, 0.2) is 54.6 Å². The van der Waals surface area contributed by atoms with Gasteiger partial charge in [-0.05, 0) is 48.9 Å². The summed E-state index contributed by atoms with van der Waals surface area (Å²) in [6.45, 7) is 0.672. The minimum absolute atomic E-state index is 0.0610. The summed E-state index contributed by atoms with van der Waals surface area (Å²) in [5.74, 6) is 1.76. The Balaban J connectivity index is 1.38. The standard InChI is InChI=1S/C25H29N3O4/c1-30-20-13-17(14-21(16-20)31-2)10-11-19-15-23(28-27-19)26-25(29)22-9-6-12-32-24(22)18-7-4-3-5-8-18/h3-5,7-8,13-16,22,24H,6,9-12H2,1-2H3,(H2,26,27,28,29). The number of amides is 1. The molecule has 2 N–H and O–H groups in total. The Morgan fingerprint density at radius 1 is 1.09 bits per heavy atom. The molecule has 0 spiro atoms. The van der Waals surface area contributed by atoms with Gasteiger partial charge in [0.05, 0.1) is 26.2 Å². The number of aromatic nitrogens is 2. The number of ether oxygens (including phenoxy) is 3. The van der Waals surface area contributed by atoms with E-state index in [-0.39, 0.29) is 17.9 Å². The van der Waals surface area contributed by atoms with Crippen LogP contribution in [-0.4, -0.2) is 36.9 Å². The second kappa shape index (κ2) is 10.3. The highest BCUT2D eigenvalue weighted by Crippen LogP contribution is 2.34. The molecule has 3 aromatic rings. The Bertz CT molecular complexity index is 1010. The Kier molecular flexibility index (Phi) is 7.07. The van der Waals surface area contributed by atoms with Crippen molar-refractivity contribution in [1.82, 2.24) is 10.2 Å². The van der Waals surface area contributed by atoms with Crippen LogP contribution < -0.4 is 14.8 Å². The molecule has 168 valence electrons. The van der Waals surface area contributed by atoms with E-state index in [1.165, 1.54) is 0 Å². The first kappa shape index (κ1) is 21.9. The van der Waals surface area contributed by atoms with Gasteiger partial charge in [-0.15, -0.1) is 0 Å². The number of anilines is 1. The van der Waals surface area contributed by atoms with E-state index in [1.54, 1.807) is 14.2 Å². The van der Waals surface area contributed by atoms with E-state index in [2.05, 4.69) is 15.5 Å². The third-order valence-corrected chi connectivity index (χ3v) is 5.76. The van der Waals surface area contributed by atoms with Crippen molar-refractivity contribution in [3.8, 4) is 11.5 Å². The van der Waals surface area contributed by atoms with E-state index < -0.39 is 0 Å². The second-order valence-corrected chi connectivity index (χ2v) is 7.94. The Morgan fingerprint density at radius 2 is 1.84 bits per heavy atom. The summed E-state index contributed by atoms with van der Waals surface area (Å²) in [6, 6.07) is 17.7. The van der Waals surface area contributed by atoms with E-state index in [1.807, 2.05) is 54.6 Å². The van der Waals surface area contributed by atoms with E-state index in [9.17, 15) is 4.79 Å². The maximum Gasteiger partial charge on any atom is 0.231 e. The van der Waals surface area contributed by atoms with Gasteiger partial charge in [-0.3, -0.25) is 9.89 Å². The molecule has 32 heavy (non-hydrogen) atoms. The third kappa shape index (κ3) is 5.29. The molecule has 0 aliphatic carbocycles. The predicted octanol–water partition coefficient (Wildman–Crippen LogP) is 4.32. The number of aryl methyl sites for hydroxylation is 2. The molecular formula is C25H29N3O4. The molecule has 1 amide bonds. The number of carbonyl (C=O) groups excluding carboxylic acids is 1. The summed E-state index contributed by atoms with van der Waals surface area (Å²) >= 11 is 0. The SMILES string of the molecule is COc1cc(CCc2cc(NC(=O)C3CCCOC3c3ccccc3)n[nH]2)cc(OC)c1. The van der Waals surface area contributed by atoms with Crippen LogP contribution in [0.3, 0.4) is 0 Å². The molecule has 2 atom stereocenters. The minimum Gasteiger partial charge on any atom is -0.497 e. The fourth-order valence-corrected chi connectivity index (χ4v) is 4.08. The van der Waals surface area contributed by atoms with Gasteiger partial charge in [0, 0.05) is 24.4 Å². The number of methoxy groups -OCH3 is 2. The van der Waals surface area contributed by atoms with Crippen molar-refractivity contribution in [1.29, 1.82) is 0 Å². The number of nitrogens with one attached hydrogen (secondary N) is 2. The number of aromatic amines is 1. The van der Waals surface area contributed by atoms with E-state index in [0.29, 0.717) is 12.4 Å². The van der Waals surface area contributed by atoms with Gasteiger partial charge < -0.3 is 19.5 Å². The van der Waals surface area contributed by atoms with Gasteiger partial charge >= 0.3 is 0 Å². The molecule has 7 heteroatoms. The predicted molar refractivity (Wildman–Crippen MR) is 122 cm³/mol. The van der Waals surface area contributed by atoms with Crippen molar-refractivity contribution < 1.29 is 19.0 Å². The normalized spacial score (nSPS) is 18.2. The molecule has 2 heterocycles. The molecule has 1 aromatic heterocycles. The largest absolute Gasteiger partial charge is 0.497 e. The number of hydrogen-bond donors (Lipinski definition) is 2. The lowest BCUT2D eigenvalue weighted by atomic mass is 9.89. The van der Waals surface area contributed by atoms with Gasteiger partial charge in [-0.25, -0.2) is 0 Å². The minimum atomic E-state index is -0.240. The fraction of sp³-hybridized carbons (Fsp3) is 0.360. The molecule has 0 radical (unpaired) electrons. The summed E-state index contributed by atoms with van der Waals surface area (Å²) in [4.78, 5) is 13.0. The monoisotopic (exact) mass is 435 g/mol. The zero-order chi connectivity index (χ0) is 22.3. The number of rotatable bonds is 8. The lowest BCUT2D eigenvalue weighted by Gasteiger charge is -2.30. The molecule has 0 bridgehead atoms. The molecule has 4 rings (SSSR count). The molecule has 7 nitrogen and oxygen atoms in total. The van der Waals surface area contributed by atoms with Crippen LogP contribution in [0.2, 0.25) is 0 Å². The fourth-order valence-electron chi connectivity index (χ4n) is 4.08. The van der Waals surface area contributed by atoms with Crippen LogP contribution in [0.1, 0.15) is 35.8 Å². The van der Waals surface area contributed by atoms with Crippen molar-refractivity contribution in [2.45, 2.75) is 31.8 Å². The highest BCUT2D eigenvalue weighted by Gasteiger charge is 2.33. The molecule has 1 saturated heterocycles. The van der Waals surface area contributed by atoms with E-state index in [0.717, 1.165) is 54.0 Å². The van der Waals surface area contributed by atoms with Crippen LogP contribution in [0, 0.1) is 5.92 Å². The first-order valence-corrected chi connectivity index (χ1v) is 10.9. The van der Waals surface area contributed by atoms with Crippen LogP contribution in [0.5, 0.6) is 11.5 Å². The van der Waals surface area contributed by atoms with E-state index >= 15 is 0 Å². The summed E-state index contributed by atoms with van der Waals surface area (Å²) in [5, 5.41) is 10.3. The van der Waals surface area contributed by atoms with Gasteiger partial charge in [0.15, 0.2) is 5.82 Å². The highest BCUT2D eigenvalue weighted by atomic mass is 16.5. The van der Waals surface area contributed by atoms with Crippen molar-refractivity contribution in [3.05, 3.63) is 71.4 Å². The molecule has 1 fully saturated rings. The number of hydrogen-bond acceptors (Lipinski definition) is 5. The maximum absolute atomic E-state index is 13.0. The summed E-state index contributed by atoms with van der Waals surface area (Å²) in [5.41, 5.74) is 3.08. The molecule has 2 aromatic carbocycles. The Hall–Kier alpha value is -3.32. The summed E-state index contributed by atoms with van der Waals surface area (Å²) in [6.07, 6.45) is 2.97. The van der Waals surface area contributed by atoms with Gasteiger partial charge in [-0.1, -0.05) is 30.3 Å². The zero-order valence-corrected chi connectivity index (χ0v) is 18.5. The maximum atomic E-state index is 13.0. The number of H-pyrrole nitrogens is 1. The smallest absolute Gasteiger partial charge is 0.231 e. The van der Waals surface area contributed by atoms with Gasteiger partial charge in [0.25, 0.3) is 0 Å². The van der Waals surface area contributed by atoms with Gasteiger partial charge in [0.1, 0.15) is 11.5 Å². The van der Waals surface area contributed by atoms with Crippen molar-refractivity contribution in [2.24, 2.45) is 5.92 Å². The molecular weight excluding hydrogens is 406 g/mol. The molecule has 2 unspecified atom stereocenters. The average molecular weight is 436 g/mol. The van der Waals surface area contributed by atoms with Gasteiger partial charge in [-0.2, -0.15) is 5.10 Å². The molecule has 0 saturated carbocycles. The zero-order valence-electron chi connectivity index (χ0n) is 18.5. The van der Waals surface area contributed by atoms with Crippen molar-refractivity contribution in [3.63, 3.8) is 0 Å². The molecule has 1 aliphatic rings. The first-order chi connectivity index (χ1) is 15.7. The van der Waals surface area contributed by atoms with Crippen LogP contribution in [0.25, 0.3) is 0 Å². The average Bonchev–Trinajstić information content (AvgIpc) is 3.30. The number of carbonyl (C=O) groups is 1. The number of benzene rings is 2. The van der Waals surface area contributed by atoms with Gasteiger partial charge in [0.2, 0.25) is 5.91 Å². The summed E-state index contributed by atoms with van der Waals surface area (Å²) in [7, 11) is 3.28. The quantitative estimate of drug-likeness (QED) is 0.550. The van der Waals surface area contributed by atoms with Crippen LogP contribution >= 0.6 is 0 Å². The third-order valence-electron chi connectivity index (χ3n) is 5.76. The van der Waals surface area contributed by atoms with Crippen molar-refractivity contribution in [2.75, 3.05) is 26.1 Å². The number of nitrogens with zero attached hydrogens (tertiary/aromatic N) is 1. The van der Waals surface area contributed by atoms with Crippen LogP contribution in [0.4, 0.5) is 5.82 Å². The lowest BCUT2D eigenvalue weighted by molar-refractivity contribution is -0.129. The first-order valence-electron chi connectivity index (χ1n) is 10.9. The van der Waals surface area contributed by atoms with Crippen LogP contribution in [-0.2, 0) is 22.4 Å². The van der Waals surface area contributed by atoms with E-state index in [4.69, 9.17) is 14.2 Å². The molecule has 1 aliphatic heterocycles. The highest BCUT2D eigenvalue weighted by molar-refractivity contribution is 5.92. The summed E-state index contributed by atoms with van der Waals surface area (Å²) < 4.78 is 16.6. The van der Waals surface area contributed by atoms with Crippen molar-refractivity contribution >= 4 is 11.7 Å².